The SMILES string of the molecule is CCCOc1cccc(NC(=O)C(CN)OC)c1.Cl. The Bertz CT molecular complexity index is 384. The molecule has 108 valence electrons. The number of amides is 1. The molecule has 6 heteroatoms. The van der Waals surface area contributed by atoms with Crippen molar-refractivity contribution in [2.45, 2.75) is 19.4 Å². The van der Waals surface area contributed by atoms with Gasteiger partial charge in [0.25, 0.3) is 5.91 Å². The van der Waals surface area contributed by atoms with E-state index < -0.39 is 6.10 Å². The number of methoxy groups -OCH3 is 1. The number of halogens is 1. The lowest BCUT2D eigenvalue weighted by Crippen LogP contribution is -2.35. The topological polar surface area (TPSA) is 73.6 Å². The highest BCUT2D eigenvalue weighted by atomic mass is 35.5. The van der Waals surface area contributed by atoms with E-state index in [0.29, 0.717) is 12.3 Å². The molecule has 3 N–H and O–H groups in total. The smallest absolute Gasteiger partial charge is 0.254 e. The maximum absolute atomic E-state index is 11.7. The standard InChI is InChI=1S/C13H20N2O3.ClH/c1-3-7-18-11-6-4-5-10(8-11)15-13(16)12(9-14)17-2;/h4-6,8,12H,3,7,9,14H2,1-2H3,(H,15,16);1H. The van der Waals surface area contributed by atoms with Crippen LogP contribution >= 0.6 is 12.4 Å². The van der Waals surface area contributed by atoms with Gasteiger partial charge in [0.2, 0.25) is 0 Å². The van der Waals surface area contributed by atoms with Crippen LogP contribution in [0.15, 0.2) is 24.3 Å². The highest BCUT2D eigenvalue weighted by Crippen LogP contribution is 2.17. The molecule has 1 aromatic rings. The van der Waals surface area contributed by atoms with Crippen LogP contribution in [0.3, 0.4) is 0 Å². The molecule has 1 aromatic carbocycles. The lowest BCUT2D eigenvalue weighted by molar-refractivity contribution is -0.125. The normalized spacial score (nSPS) is 11.3. The first-order chi connectivity index (χ1) is 8.71. The van der Waals surface area contributed by atoms with Crippen LogP contribution in [0.1, 0.15) is 13.3 Å². The number of anilines is 1. The average Bonchev–Trinajstić information content (AvgIpc) is 2.38. The first-order valence-electron chi connectivity index (χ1n) is 5.97. The Balaban J connectivity index is 0.00000324. The van der Waals surface area contributed by atoms with Crippen molar-refractivity contribution in [3.8, 4) is 5.75 Å². The summed E-state index contributed by atoms with van der Waals surface area (Å²) in [5.41, 5.74) is 6.09. The van der Waals surface area contributed by atoms with Crippen LogP contribution in [-0.2, 0) is 9.53 Å². The van der Waals surface area contributed by atoms with E-state index in [4.69, 9.17) is 15.2 Å². The van der Waals surface area contributed by atoms with E-state index in [-0.39, 0.29) is 24.9 Å². The zero-order chi connectivity index (χ0) is 13.4. The van der Waals surface area contributed by atoms with Gasteiger partial charge in [-0.05, 0) is 18.6 Å². The Hall–Kier alpha value is -1.30. The Morgan fingerprint density at radius 2 is 2.21 bits per heavy atom. The summed E-state index contributed by atoms with van der Waals surface area (Å²) in [6, 6.07) is 7.24. The molecule has 0 radical (unpaired) electrons. The van der Waals surface area contributed by atoms with Gasteiger partial charge in [-0.15, -0.1) is 12.4 Å². The van der Waals surface area contributed by atoms with E-state index in [9.17, 15) is 4.79 Å². The van der Waals surface area contributed by atoms with Crippen molar-refractivity contribution >= 4 is 24.0 Å². The number of carbonyl (C=O) groups is 1. The minimum atomic E-state index is -0.634. The van der Waals surface area contributed by atoms with Gasteiger partial charge in [0.05, 0.1) is 6.61 Å². The van der Waals surface area contributed by atoms with Gasteiger partial charge in [0.1, 0.15) is 11.9 Å². The second-order valence-electron chi connectivity index (χ2n) is 3.83. The molecule has 0 aliphatic heterocycles. The van der Waals surface area contributed by atoms with Crippen molar-refractivity contribution in [1.82, 2.24) is 0 Å². The van der Waals surface area contributed by atoms with Crippen LogP contribution in [0, 0.1) is 0 Å². The Morgan fingerprint density at radius 3 is 2.79 bits per heavy atom. The zero-order valence-corrected chi connectivity index (χ0v) is 12.0. The third kappa shape index (κ3) is 5.92. The number of hydrogen-bond donors (Lipinski definition) is 2. The Morgan fingerprint density at radius 1 is 1.47 bits per heavy atom. The quantitative estimate of drug-likeness (QED) is 0.802. The molecule has 0 aliphatic carbocycles. The maximum Gasteiger partial charge on any atom is 0.254 e. The first kappa shape index (κ1) is 17.7. The van der Waals surface area contributed by atoms with Crippen molar-refractivity contribution in [3.05, 3.63) is 24.3 Å². The van der Waals surface area contributed by atoms with Crippen LogP contribution in [0.2, 0.25) is 0 Å². The molecular formula is C13H21ClN2O3. The highest BCUT2D eigenvalue weighted by molar-refractivity contribution is 5.94. The lowest BCUT2D eigenvalue weighted by Gasteiger charge is -2.13. The van der Waals surface area contributed by atoms with Gasteiger partial charge in [0, 0.05) is 25.4 Å². The molecule has 5 nitrogen and oxygen atoms in total. The molecule has 0 aliphatic rings. The molecule has 0 heterocycles. The monoisotopic (exact) mass is 288 g/mol. The fourth-order valence-electron chi connectivity index (χ4n) is 1.42. The molecule has 19 heavy (non-hydrogen) atoms. The van der Waals surface area contributed by atoms with Crippen molar-refractivity contribution in [3.63, 3.8) is 0 Å². The molecule has 1 atom stereocenters. The third-order valence-electron chi connectivity index (χ3n) is 2.37. The number of ether oxygens (including phenoxy) is 2. The van der Waals surface area contributed by atoms with Gasteiger partial charge in [-0.3, -0.25) is 4.79 Å². The fourth-order valence-corrected chi connectivity index (χ4v) is 1.42. The number of benzene rings is 1. The van der Waals surface area contributed by atoms with Gasteiger partial charge < -0.3 is 20.5 Å². The average molecular weight is 289 g/mol. The van der Waals surface area contributed by atoms with Crippen LogP contribution in [0.25, 0.3) is 0 Å². The molecular weight excluding hydrogens is 268 g/mol. The molecule has 1 rings (SSSR count). The van der Waals surface area contributed by atoms with Crippen molar-refractivity contribution in [1.29, 1.82) is 0 Å². The summed E-state index contributed by atoms with van der Waals surface area (Å²) in [6.45, 7) is 2.84. The number of rotatable bonds is 7. The molecule has 1 unspecified atom stereocenters. The minimum absolute atomic E-state index is 0. The van der Waals surface area contributed by atoms with E-state index in [1.165, 1.54) is 7.11 Å². The van der Waals surface area contributed by atoms with E-state index >= 15 is 0 Å². The molecule has 0 fully saturated rings. The third-order valence-corrected chi connectivity index (χ3v) is 2.37. The van der Waals surface area contributed by atoms with E-state index in [1.807, 2.05) is 19.1 Å². The summed E-state index contributed by atoms with van der Waals surface area (Å²) >= 11 is 0. The Kier molecular flexibility index (Phi) is 8.95. The maximum atomic E-state index is 11.7. The molecule has 0 bridgehead atoms. The first-order valence-corrected chi connectivity index (χ1v) is 5.97. The van der Waals surface area contributed by atoms with Crippen molar-refractivity contribution < 1.29 is 14.3 Å². The van der Waals surface area contributed by atoms with Gasteiger partial charge in [-0.1, -0.05) is 13.0 Å². The second kappa shape index (κ2) is 9.61. The van der Waals surface area contributed by atoms with Crippen molar-refractivity contribution in [2.24, 2.45) is 5.73 Å². The van der Waals surface area contributed by atoms with Gasteiger partial charge >= 0.3 is 0 Å². The Labute approximate surface area is 119 Å². The summed E-state index contributed by atoms with van der Waals surface area (Å²) < 4.78 is 10.4. The van der Waals surface area contributed by atoms with Crippen LogP contribution in [0.5, 0.6) is 5.75 Å². The fraction of sp³-hybridized carbons (Fsp3) is 0.462. The van der Waals surface area contributed by atoms with Gasteiger partial charge in [0.15, 0.2) is 0 Å². The number of nitrogens with two attached hydrogens (primary N) is 1. The largest absolute Gasteiger partial charge is 0.494 e. The predicted octanol–water partition coefficient (Wildman–Crippen LogP) is 1.81. The molecule has 0 saturated carbocycles. The van der Waals surface area contributed by atoms with E-state index in [1.54, 1.807) is 12.1 Å². The summed E-state index contributed by atoms with van der Waals surface area (Å²) in [5, 5.41) is 2.74. The molecule has 0 aromatic heterocycles. The van der Waals surface area contributed by atoms with E-state index in [2.05, 4.69) is 5.32 Å². The van der Waals surface area contributed by atoms with Gasteiger partial charge in [-0.25, -0.2) is 0 Å². The van der Waals surface area contributed by atoms with Crippen LogP contribution < -0.4 is 15.8 Å². The summed E-state index contributed by atoms with van der Waals surface area (Å²) in [6.07, 6.45) is 0.306. The molecule has 0 spiro atoms. The second-order valence-corrected chi connectivity index (χ2v) is 3.83. The zero-order valence-electron chi connectivity index (χ0n) is 11.2. The van der Waals surface area contributed by atoms with E-state index in [0.717, 1.165) is 12.2 Å². The number of hydrogen-bond acceptors (Lipinski definition) is 4. The number of carbonyl (C=O) groups excluding carboxylic acids is 1. The number of nitrogens with one attached hydrogen (secondary N) is 1. The molecule has 0 saturated heterocycles. The van der Waals surface area contributed by atoms with Crippen molar-refractivity contribution in [2.75, 3.05) is 25.6 Å². The molecule has 1 amide bonds. The summed E-state index contributed by atoms with van der Waals surface area (Å²) in [7, 11) is 1.46. The van der Waals surface area contributed by atoms with Crippen LogP contribution in [0.4, 0.5) is 5.69 Å². The predicted molar refractivity (Wildman–Crippen MR) is 78.0 cm³/mol. The highest BCUT2D eigenvalue weighted by Gasteiger charge is 2.15. The minimum Gasteiger partial charge on any atom is -0.494 e. The van der Waals surface area contributed by atoms with Gasteiger partial charge in [-0.2, -0.15) is 0 Å². The lowest BCUT2D eigenvalue weighted by atomic mass is 10.2. The van der Waals surface area contributed by atoms with Crippen LogP contribution in [-0.4, -0.2) is 32.3 Å². The summed E-state index contributed by atoms with van der Waals surface area (Å²) in [4.78, 5) is 11.7. The summed E-state index contributed by atoms with van der Waals surface area (Å²) in [5.74, 6) is 0.476.